The number of alkyl halides is 3. The maximum absolute atomic E-state index is 12.4. The molecule has 1 aromatic carbocycles. The van der Waals surface area contributed by atoms with Crippen LogP contribution in [0.2, 0.25) is 0 Å². The van der Waals surface area contributed by atoms with Crippen molar-refractivity contribution in [1.29, 1.82) is 0 Å². The molecule has 21 heavy (non-hydrogen) atoms. The van der Waals surface area contributed by atoms with E-state index in [2.05, 4.69) is 10.1 Å². The number of sulfonamides is 1. The fourth-order valence-corrected chi connectivity index (χ4v) is 3.50. The van der Waals surface area contributed by atoms with Gasteiger partial charge in [0.15, 0.2) is 0 Å². The molecule has 1 aliphatic rings. The van der Waals surface area contributed by atoms with Crippen molar-refractivity contribution in [3.8, 4) is 5.75 Å². The van der Waals surface area contributed by atoms with Crippen molar-refractivity contribution in [3.05, 3.63) is 24.3 Å². The van der Waals surface area contributed by atoms with Gasteiger partial charge in [-0.05, 0) is 37.2 Å². The van der Waals surface area contributed by atoms with Gasteiger partial charge in [-0.2, -0.15) is 4.31 Å². The summed E-state index contributed by atoms with van der Waals surface area (Å²) in [6.07, 6.45) is -4.11. The fourth-order valence-electron chi connectivity index (χ4n) is 2.02. The summed E-state index contributed by atoms with van der Waals surface area (Å²) < 4.78 is 66.0. The smallest absolute Gasteiger partial charge is 0.406 e. The van der Waals surface area contributed by atoms with E-state index in [0.29, 0.717) is 26.1 Å². The number of ether oxygens (including phenoxy) is 1. The number of benzene rings is 1. The van der Waals surface area contributed by atoms with Crippen LogP contribution >= 0.6 is 0 Å². The van der Waals surface area contributed by atoms with Crippen LogP contribution < -0.4 is 10.1 Å². The molecule has 1 saturated heterocycles. The Balaban J connectivity index is 2.16. The van der Waals surface area contributed by atoms with Gasteiger partial charge in [-0.15, -0.1) is 13.2 Å². The van der Waals surface area contributed by atoms with Gasteiger partial charge in [0.05, 0.1) is 4.90 Å². The summed E-state index contributed by atoms with van der Waals surface area (Å²) in [7, 11) is -3.69. The molecule has 1 heterocycles. The van der Waals surface area contributed by atoms with Crippen LogP contribution in [0.1, 0.15) is 6.42 Å². The van der Waals surface area contributed by atoms with E-state index in [9.17, 15) is 21.6 Å². The molecule has 0 atom stereocenters. The average molecular weight is 324 g/mol. The molecule has 0 radical (unpaired) electrons. The van der Waals surface area contributed by atoms with E-state index in [1.54, 1.807) is 0 Å². The monoisotopic (exact) mass is 324 g/mol. The van der Waals surface area contributed by atoms with Crippen molar-refractivity contribution in [3.63, 3.8) is 0 Å². The molecule has 0 aliphatic carbocycles. The first-order chi connectivity index (χ1) is 9.79. The molecule has 5 nitrogen and oxygen atoms in total. The average Bonchev–Trinajstić information content (AvgIpc) is 2.66. The van der Waals surface area contributed by atoms with Crippen LogP contribution in [0.5, 0.6) is 5.75 Å². The summed E-state index contributed by atoms with van der Waals surface area (Å²) in [4.78, 5) is -0.0427. The molecule has 0 spiro atoms. The predicted molar refractivity (Wildman–Crippen MR) is 69.4 cm³/mol. The highest BCUT2D eigenvalue weighted by Gasteiger charge is 2.31. The van der Waals surface area contributed by atoms with Crippen LogP contribution in [0.4, 0.5) is 13.2 Å². The molecule has 0 amide bonds. The Morgan fingerprint density at radius 3 is 2.38 bits per heavy atom. The van der Waals surface area contributed by atoms with Gasteiger partial charge in [-0.25, -0.2) is 8.42 Å². The second-order valence-electron chi connectivity index (χ2n) is 4.53. The van der Waals surface area contributed by atoms with Crippen molar-refractivity contribution >= 4 is 10.0 Å². The molecule has 0 unspecified atom stereocenters. The van der Waals surface area contributed by atoms with E-state index in [4.69, 9.17) is 0 Å². The van der Waals surface area contributed by atoms with Crippen molar-refractivity contribution < 1.29 is 26.3 Å². The molecule has 118 valence electrons. The third kappa shape index (κ3) is 4.32. The summed E-state index contributed by atoms with van der Waals surface area (Å²) >= 11 is 0. The summed E-state index contributed by atoms with van der Waals surface area (Å²) in [6, 6.07) is 4.23. The third-order valence-corrected chi connectivity index (χ3v) is 4.91. The zero-order valence-corrected chi connectivity index (χ0v) is 11.9. The first-order valence-corrected chi connectivity index (χ1v) is 7.80. The van der Waals surface area contributed by atoms with E-state index in [1.807, 2.05) is 0 Å². The van der Waals surface area contributed by atoms with Gasteiger partial charge in [0.1, 0.15) is 5.75 Å². The number of hydrogen-bond acceptors (Lipinski definition) is 4. The van der Waals surface area contributed by atoms with Gasteiger partial charge >= 0.3 is 6.36 Å². The topological polar surface area (TPSA) is 58.6 Å². The number of nitrogens with one attached hydrogen (secondary N) is 1. The molecule has 1 aromatic rings. The van der Waals surface area contributed by atoms with Crippen LogP contribution in [0.25, 0.3) is 0 Å². The molecule has 0 saturated carbocycles. The lowest BCUT2D eigenvalue weighted by Gasteiger charge is -2.19. The molecule has 0 aromatic heterocycles. The highest BCUT2D eigenvalue weighted by Crippen LogP contribution is 2.25. The summed E-state index contributed by atoms with van der Waals surface area (Å²) in [5, 5.41) is 3.08. The number of nitrogens with zero attached hydrogens (tertiary/aromatic N) is 1. The maximum Gasteiger partial charge on any atom is 0.573 e. The largest absolute Gasteiger partial charge is 0.573 e. The first kappa shape index (κ1) is 16.1. The highest BCUT2D eigenvalue weighted by atomic mass is 32.2. The van der Waals surface area contributed by atoms with E-state index >= 15 is 0 Å². The van der Waals surface area contributed by atoms with E-state index in [0.717, 1.165) is 30.8 Å². The molecule has 0 bridgehead atoms. The minimum absolute atomic E-state index is 0.0427. The Hall–Kier alpha value is -1.32. The Morgan fingerprint density at radius 1 is 1.10 bits per heavy atom. The van der Waals surface area contributed by atoms with Gasteiger partial charge < -0.3 is 10.1 Å². The van der Waals surface area contributed by atoms with E-state index in [1.165, 1.54) is 4.31 Å². The summed E-state index contributed by atoms with van der Waals surface area (Å²) in [5.41, 5.74) is 0. The number of hydrogen-bond donors (Lipinski definition) is 1. The van der Waals surface area contributed by atoms with Crippen molar-refractivity contribution in [2.75, 3.05) is 26.2 Å². The standard InChI is InChI=1S/C12H15F3N2O3S/c13-12(14,15)20-10-2-4-11(5-3-10)21(18,19)17-8-1-6-16-7-9-17/h2-5,16H,1,6-9H2. The van der Waals surface area contributed by atoms with Crippen LogP contribution in [-0.2, 0) is 10.0 Å². The lowest BCUT2D eigenvalue weighted by atomic mass is 10.3. The summed E-state index contributed by atoms with van der Waals surface area (Å²) in [6.45, 7) is 2.01. The fraction of sp³-hybridized carbons (Fsp3) is 0.500. The second kappa shape index (κ2) is 6.20. The van der Waals surface area contributed by atoms with Gasteiger partial charge in [-0.1, -0.05) is 0 Å². The van der Waals surface area contributed by atoms with Crippen LogP contribution in [0.3, 0.4) is 0 Å². The zero-order chi connectivity index (χ0) is 15.5. The Morgan fingerprint density at radius 2 is 1.76 bits per heavy atom. The van der Waals surface area contributed by atoms with Gasteiger partial charge in [0.25, 0.3) is 0 Å². The van der Waals surface area contributed by atoms with Crippen molar-refractivity contribution in [2.24, 2.45) is 0 Å². The lowest BCUT2D eigenvalue weighted by molar-refractivity contribution is -0.274. The van der Waals surface area contributed by atoms with Crippen LogP contribution in [0.15, 0.2) is 29.2 Å². The summed E-state index contributed by atoms with van der Waals surface area (Å²) in [5.74, 6) is -0.445. The minimum atomic E-state index is -4.79. The van der Waals surface area contributed by atoms with Gasteiger partial charge in [0, 0.05) is 19.6 Å². The molecule has 9 heteroatoms. The Bertz CT molecular complexity index is 564. The van der Waals surface area contributed by atoms with Gasteiger partial charge in [-0.3, -0.25) is 0 Å². The highest BCUT2D eigenvalue weighted by molar-refractivity contribution is 7.89. The third-order valence-electron chi connectivity index (χ3n) is 2.99. The maximum atomic E-state index is 12.4. The number of halogens is 3. The molecule has 1 fully saturated rings. The SMILES string of the molecule is O=S(=O)(c1ccc(OC(F)(F)F)cc1)N1CCCNCC1. The van der Waals surface area contributed by atoms with Crippen LogP contribution in [-0.4, -0.2) is 45.3 Å². The van der Waals surface area contributed by atoms with Crippen molar-refractivity contribution in [1.82, 2.24) is 9.62 Å². The molecule has 1 N–H and O–H groups in total. The van der Waals surface area contributed by atoms with E-state index in [-0.39, 0.29) is 4.90 Å². The normalized spacial score (nSPS) is 18.2. The lowest BCUT2D eigenvalue weighted by Crippen LogP contribution is -2.34. The first-order valence-electron chi connectivity index (χ1n) is 6.36. The molecule has 1 aliphatic heterocycles. The predicted octanol–water partition coefficient (Wildman–Crippen LogP) is 1.57. The molecule has 2 rings (SSSR count). The Labute approximate surface area is 120 Å². The van der Waals surface area contributed by atoms with Gasteiger partial charge in [0.2, 0.25) is 10.0 Å². The quantitative estimate of drug-likeness (QED) is 0.917. The second-order valence-corrected chi connectivity index (χ2v) is 6.46. The zero-order valence-electron chi connectivity index (χ0n) is 11.1. The number of rotatable bonds is 3. The minimum Gasteiger partial charge on any atom is -0.406 e. The Kier molecular flexibility index (Phi) is 4.74. The molecular weight excluding hydrogens is 309 g/mol. The van der Waals surface area contributed by atoms with Crippen LogP contribution in [0, 0.1) is 0 Å². The van der Waals surface area contributed by atoms with Crippen molar-refractivity contribution in [2.45, 2.75) is 17.7 Å². The molecular formula is C12H15F3N2O3S. The van der Waals surface area contributed by atoms with E-state index < -0.39 is 22.1 Å².